The predicted octanol–water partition coefficient (Wildman–Crippen LogP) is 1.42. The molecule has 22 heavy (non-hydrogen) atoms. The van der Waals surface area contributed by atoms with E-state index in [-0.39, 0.29) is 12.0 Å². The number of rotatable bonds is 6. The van der Waals surface area contributed by atoms with E-state index in [1.54, 1.807) is 12.0 Å². The van der Waals surface area contributed by atoms with Crippen LogP contribution in [0.1, 0.15) is 12.0 Å². The number of para-hydroxylation sites is 1. The molecule has 1 amide bonds. The zero-order valence-corrected chi connectivity index (χ0v) is 13.7. The van der Waals surface area contributed by atoms with E-state index in [1.807, 2.05) is 31.3 Å². The molecule has 1 fully saturated rings. The molecule has 122 valence electrons. The van der Waals surface area contributed by atoms with Crippen LogP contribution in [0, 0.1) is 0 Å². The minimum Gasteiger partial charge on any atom is -0.496 e. The van der Waals surface area contributed by atoms with E-state index in [2.05, 4.69) is 11.9 Å². The molecule has 1 aliphatic rings. The number of morpholine rings is 1. The lowest BCUT2D eigenvalue weighted by atomic mass is 10.1. The Labute approximate surface area is 132 Å². The standard InChI is InChI=1S/C17H26N2O3/c1-18-10-11-22-15(12-18)13-19(2)17(20)9-8-14-6-4-5-7-16(14)21-3/h4-7,15H,8-13H2,1-3H3. The first-order chi connectivity index (χ1) is 10.6. The second kappa shape index (κ2) is 8.15. The molecular formula is C17H26N2O3. The first-order valence-corrected chi connectivity index (χ1v) is 7.76. The molecule has 0 saturated carbocycles. The van der Waals surface area contributed by atoms with Crippen molar-refractivity contribution in [2.24, 2.45) is 0 Å². The third-order valence-corrected chi connectivity index (χ3v) is 4.05. The Kier molecular flexibility index (Phi) is 6.21. The van der Waals surface area contributed by atoms with Crippen molar-refractivity contribution in [1.82, 2.24) is 9.80 Å². The predicted molar refractivity (Wildman–Crippen MR) is 86.2 cm³/mol. The molecule has 0 N–H and O–H groups in total. The van der Waals surface area contributed by atoms with Crippen LogP contribution in [0.25, 0.3) is 0 Å². The molecule has 0 aromatic heterocycles. The molecule has 1 heterocycles. The fourth-order valence-electron chi connectivity index (χ4n) is 2.73. The largest absolute Gasteiger partial charge is 0.496 e. The Morgan fingerprint density at radius 2 is 2.23 bits per heavy atom. The van der Waals surface area contributed by atoms with Gasteiger partial charge in [-0.05, 0) is 25.1 Å². The second-order valence-corrected chi connectivity index (χ2v) is 5.84. The Hall–Kier alpha value is -1.59. The number of hydrogen-bond donors (Lipinski definition) is 0. The average Bonchev–Trinajstić information content (AvgIpc) is 2.52. The van der Waals surface area contributed by atoms with Crippen LogP contribution in [-0.2, 0) is 16.0 Å². The van der Waals surface area contributed by atoms with E-state index < -0.39 is 0 Å². The van der Waals surface area contributed by atoms with Gasteiger partial charge in [0, 0.05) is 33.1 Å². The number of ether oxygens (including phenoxy) is 2. The number of aryl methyl sites for hydroxylation is 1. The fraction of sp³-hybridized carbons (Fsp3) is 0.588. The van der Waals surface area contributed by atoms with Gasteiger partial charge in [0.1, 0.15) is 5.75 Å². The SMILES string of the molecule is COc1ccccc1CCC(=O)N(C)CC1CN(C)CCO1. The number of benzene rings is 1. The molecule has 1 aromatic carbocycles. The highest BCUT2D eigenvalue weighted by Gasteiger charge is 2.21. The van der Waals surface area contributed by atoms with Crippen LogP contribution in [0.2, 0.25) is 0 Å². The normalized spacial score (nSPS) is 19.0. The maximum atomic E-state index is 12.3. The Morgan fingerprint density at radius 3 is 2.95 bits per heavy atom. The van der Waals surface area contributed by atoms with Crippen molar-refractivity contribution in [3.05, 3.63) is 29.8 Å². The molecule has 2 rings (SSSR count). The fourth-order valence-corrected chi connectivity index (χ4v) is 2.73. The first-order valence-electron chi connectivity index (χ1n) is 7.76. The quantitative estimate of drug-likeness (QED) is 0.797. The summed E-state index contributed by atoms with van der Waals surface area (Å²) in [6.45, 7) is 3.23. The minimum atomic E-state index is 0.110. The number of hydrogen-bond acceptors (Lipinski definition) is 4. The van der Waals surface area contributed by atoms with E-state index >= 15 is 0 Å². The Bertz CT molecular complexity index is 493. The Balaban J connectivity index is 1.81. The van der Waals surface area contributed by atoms with Gasteiger partial charge >= 0.3 is 0 Å². The van der Waals surface area contributed by atoms with Crippen molar-refractivity contribution in [2.45, 2.75) is 18.9 Å². The molecular weight excluding hydrogens is 280 g/mol. The summed E-state index contributed by atoms with van der Waals surface area (Å²) in [5.41, 5.74) is 1.07. The van der Waals surface area contributed by atoms with Crippen LogP contribution in [0.3, 0.4) is 0 Å². The molecule has 5 heteroatoms. The number of methoxy groups -OCH3 is 1. The molecule has 1 aliphatic heterocycles. The van der Waals surface area contributed by atoms with Crippen molar-refractivity contribution < 1.29 is 14.3 Å². The maximum absolute atomic E-state index is 12.3. The van der Waals surface area contributed by atoms with Gasteiger partial charge in [-0.25, -0.2) is 0 Å². The van der Waals surface area contributed by atoms with Gasteiger partial charge in [-0.1, -0.05) is 18.2 Å². The summed E-state index contributed by atoms with van der Waals surface area (Å²) in [6, 6.07) is 7.84. The van der Waals surface area contributed by atoms with Crippen LogP contribution in [0.4, 0.5) is 0 Å². The average molecular weight is 306 g/mol. The molecule has 1 aromatic rings. The smallest absolute Gasteiger partial charge is 0.222 e. The molecule has 0 aliphatic carbocycles. The van der Waals surface area contributed by atoms with Crippen molar-refractivity contribution in [3.63, 3.8) is 0 Å². The molecule has 0 bridgehead atoms. The van der Waals surface area contributed by atoms with Crippen molar-refractivity contribution in [3.8, 4) is 5.75 Å². The zero-order valence-electron chi connectivity index (χ0n) is 13.7. The summed E-state index contributed by atoms with van der Waals surface area (Å²) >= 11 is 0. The second-order valence-electron chi connectivity index (χ2n) is 5.84. The monoisotopic (exact) mass is 306 g/mol. The van der Waals surface area contributed by atoms with Crippen molar-refractivity contribution in [1.29, 1.82) is 0 Å². The molecule has 0 spiro atoms. The molecule has 1 atom stereocenters. The van der Waals surface area contributed by atoms with E-state index in [0.717, 1.165) is 31.0 Å². The number of carbonyl (C=O) groups is 1. The van der Waals surface area contributed by atoms with Gasteiger partial charge in [0.15, 0.2) is 0 Å². The lowest BCUT2D eigenvalue weighted by molar-refractivity contribution is -0.132. The van der Waals surface area contributed by atoms with Gasteiger partial charge in [0.25, 0.3) is 0 Å². The highest BCUT2D eigenvalue weighted by atomic mass is 16.5. The van der Waals surface area contributed by atoms with E-state index in [0.29, 0.717) is 19.4 Å². The number of amides is 1. The van der Waals surface area contributed by atoms with Gasteiger partial charge in [0.05, 0.1) is 19.8 Å². The van der Waals surface area contributed by atoms with Gasteiger partial charge in [-0.2, -0.15) is 0 Å². The van der Waals surface area contributed by atoms with Gasteiger partial charge < -0.3 is 19.3 Å². The van der Waals surface area contributed by atoms with Crippen molar-refractivity contribution >= 4 is 5.91 Å². The molecule has 5 nitrogen and oxygen atoms in total. The summed E-state index contributed by atoms with van der Waals surface area (Å²) in [5, 5.41) is 0. The summed E-state index contributed by atoms with van der Waals surface area (Å²) in [4.78, 5) is 16.3. The highest BCUT2D eigenvalue weighted by Crippen LogP contribution is 2.19. The zero-order chi connectivity index (χ0) is 15.9. The summed E-state index contributed by atoms with van der Waals surface area (Å²) in [5.74, 6) is 0.984. The third kappa shape index (κ3) is 4.71. The lowest BCUT2D eigenvalue weighted by Gasteiger charge is -2.32. The van der Waals surface area contributed by atoms with Crippen molar-refractivity contribution in [2.75, 3.05) is 47.4 Å². The van der Waals surface area contributed by atoms with Crippen LogP contribution in [0.15, 0.2) is 24.3 Å². The number of carbonyl (C=O) groups excluding carboxylic acids is 1. The molecule has 0 radical (unpaired) electrons. The Morgan fingerprint density at radius 1 is 1.45 bits per heavy atom. The maximum Gasteiger partial charge on any atom is 0.222 e. The van der Waals surface area contributed by atoms with Crippen LogP contribution < -0.4 is 4.74 Å². The van der Waals surface area contributed by atoms with E-state index in [1.165, 1.54) is 0 Å². The van der Waals surface area contributed by atoms with Gasteiger partial charge in [0.2, 0.25) is 5.91 Å². The first kappa shape index (κ1) is 16.8. The number of nitrogens with zero attached hydrogens (tertiary/aromatic N) is 2. The van der Waals surface area contributed by atoms with E-state index in [9.17, 15) is 4.79 Å². The van der Waals surface area contributed by atoms with Crippen LogP contribution >= 0.6 is 0 Å². The highest BCUT2D eigenvalue weighted by molar-refractivity contribution is 5.76. The summed E-state index contributed by atoms with van der Waals surface area (Å²) in [6.07, 6.45) is 1.29. The van der Waals surface area contributed by atoms with Crippen LogP contribution in [0.5, 0.6) is 5.75 Å². The van der Waals surface area contributed by atoms with Gasteiger partial charge in [-0.15, -0.1) is 0 Å². The third-order valence-electron chi connectivity index (χ3n) is 4.05. The topological polar surface area (TPSA) is 42.0 Å². The summed E-state index contributed by atoms with van der Waals surface area (Å²) in [7, 11) is 5.59. The van der Waals surface area contributed by atoms with Crippen LogP contribution in [-0.4, -0.2) is 69.3 Å². The van der Waals surface area contributed by atoms with E-state index in [4.69, 9.17) is 9.47 Å². The molecule has 1 unspecified atom stereocenters. The lowest BCUT2D eigenvalue weighted by Crippen LogP contribution is -2.46. The number of likely N-dealkylation sites (N-methyl/N-ethyl adjacent to an activating group) is 2. The minimum absolute atomic E-state index is 0.110. The summed E-state index contributed by atoms with van der Waals surface area (Å²) < 4.78 is 11.0. The molecule has 1 saturated heterocycles. The van der Waals surface area contributed by atoms with Gasteiger partial charge in [-0.3, -0.25) is 4.79 Å².